The van der Waals surface area contributed by atoms with Crippen LogP contribution in [0.2, 0.25) is 0 Å². The van der Waals surface area contributed by atoms with Crippen molar-refractivity contribution in [2.24, 2.45) is 0 Å². The molecule has 0 atom stereocenters. The molecular weight excluding hydrogens is 244 g/mol. The third kappa shape index (κ3) is 1.45. The summed E-state index contributed by atoms with van der Waals surface area (Å²) < 4.78 is 13.3. The van der Waals surface area contributed by atoms with Gasteiger partial charge in [0.2, 0.25) is 5.95 Å². The fourth-order valence-corrected chi connectivity index (χ4v) is 1.43. The summed E-state index contributed by atoms with van der Waals surface area (Å²) in [7, 11) is 0. The van der Waals surface area contributed by atoms with Crippen LogP contribution in [0.3, 0.4) is 0 Å². The Kier molecular flexibility index (Phi) is 2.59. The summed E-state index contributed by atoms with van der Waals surface area (Å²) in [5.74, 6) is -0.361. The molecule has 1 heterocycles. The lowest BCUT2D eigenvalue weighted by atomic mass is 10.2. The van der Waals surface area contributed by atoms with E-state index in [0.717, 1.165) is 12.0 Å². The zero-order valence-corrected chi connectivity index (χ0v) is 7.72. The van der Waals surface area contributed by atoms with Crippen molar-refractivity contribution >= 4 is 22.6 Å². The molecule has 0 bridgehead atoms. The molecule has 0 unspecified atom stereocenters. The average Bonchev–Trinajstić information content (AvgIpc) is 1.95. The minimum atomic E-state index is -0.361. The van der Waals surface area contributed by atoms with E-state index in [1.54, 1.807) is 0 Å². The van der Waals surface area contributed by atoms with E-state index in [1.807, 2.05) is 35.6 Å². The van der Waals surface area contributed by atoms with Crippen LogP contribution in [0.4, 0.5) is 4.39 Å². The molecule has 0 fully saturated rings. The normalized spacial score (nSPS) is 9.90. The first-order chi connectivity index (χ1) is 4.75. The van der Waals surface area contributed by atoms with E-state index in [2.05, 4.69) is 4.98 Å². The summed E-state index contributed by atoms with van der Waals surface area (Å²) in [5, 5.41) is 0. The van der Waals surface area contributed by atoms with E-state index in [0.29, 0.717) is 3.57 Å². The Morgan fingerprint density at radius 2 is 2.40 bits per heavy atom. The maximum atomic E-state index is 12.6. The van der Waals surface area contributed by atoms with Crippen molar-refractivity contribution < 1.29 is 4.39 Å². The minimum Gasteiger partial charge on any atom is -0.227 e. The van der Waals surface area contributed by atoms with Gasteiger partial charge in [-0.15, -0.1) is 0 Å². The standard InChI is InChI=1S/C7H7FIN/c1-2-5-3-4-10-7(8)6(5)9/h3-4H,2H2,1H3. The van der Waals surface area contributed by atoms with Gasteiger partial charge in [0.05, 0.1) is 3.57 Å². The Morgan fingerprint density at radius 1 is 1.70 bits per heavy atom. The lowest BCUT2D eigenvalue weighted by Crippen LogP contribution is -1.92. The second-order valence-corrected chi connectivity index (χ2v) is 3.01. The highest BCUT2D eigenvalue weighted by Crippen LogP contribution is 2.13. The smallest absolute Gasteiger partial charge is 0.226 e. The number of hydrogen-bond acceptors (Lipinski definition) is 1. The third-order valence-electron chi connectivity index (χ3n) is 1.31. The molecule has 0 N–H and O–H groups in total. The number of pyridine rings is 1. The molecule has 0 aliphatic heterocycles. The van der Waals surface area contributed by atoms with E-state index >= 15 is 0 Å². The maximum absolute atomic E-state index is 12.6. The molecule has 3 heteroatoms. The second-order valence-electron chi connectivity index (χ2n) is 1.93. The van der Waals surface area contributed by atoms with Crippen molar-refractivity contribution in [1.29, 1.82) is 0 Å². The molecule has 0 aliphatic carbocycles. The number of aromatic nitrogens is 1. The number of halogens is 2. The number of aryl methyl sites for hydroxylation is 1. The Balaban J connectivity index is 3.14. The fraction of sp³-hybridized carbons (Fsp3) is 0.286. The fourth-order valence-electron chi connectivity index (χ4n) is 0.728. The van der Waals surface area contributed by atoms with Gasteiger partial charge >= 0.3 is 0 Å². The zero-order valence-electron chi connectivity index (χ0n) is 5.56. The molecule has 0 saturated heterocycles. The van der Waals surface area contributed by atoms with Crippen molar-refractivity contribution in [3.05, 3.63) is 27.3 Å². The highest BCUT2D eigenvalue weighted by atomic mass is 127. The molecular formula is C7H7FIN. The SMILES string of the molecule is CCc1ccnc(F)c1I. The van der Waals surface area contributed by atoms with Crippen LogP contribution in [0.1, 0.15) is 12.5 Å². The van der Waals surface area contributed by atoms with Crippen LogP contribution in [0.15, 0.2) is 12.3 Å². The monoisotopic (exact) mass is 251 g/mol. The van der Waals surface area contributed by atoms with Crippen LogP contribution in [-0.2, 0) is 6.42 Å². The van der Waals surface area contributed by atoms with Gasteiger partial charge in [-0.3, -0.25) is 0 Å². The molecule has 1 nitrogen and oxygen atoms in total. The lowest BCUT2D eigenvalue weighted by molar-refractivity contribution is 0.573. The van der Waals surface area contributed by atoms with Gasteiger partial charge < -0.3 is 0 Å². The van der Waals surface area contributed by atoms with Gasteiger partial charge in [0.15, 0.2) is 0 Å². The Labute approximate surface area is 72.8 Å². The van der Waals surface area contributed by atoms with Gasteiger partial charge in [-0.2, -0.15) is 4.39 Å². The van der Waals surface area contributed by atoms with Crippen LogP contribution >= 0.6 is 22.6 Å². The summed E-state index contributed by atoms with van der Waals surface area (Å²) in [4.78, 5) is 3.51. The summed E-state index contributed by atoms with van der Waals surface area (Å²) in [6.07, 6.45) is 2.36. The van der Waals surface area contributed by atoms with E-state index in [-0.39, 0.29) is 5.95 Å². The molecule has 1 rings (SSSR count). The van der Waals surface area contributed by atoms with Gasteiger partial charge in [0, 0.05) is 6.20 Å². The highest BCUT2D eigenvalue weighted by molar-refractivity contribution is 14.1. The molecule has 0 aliphatic rings. The Morgan fingerprint density at radius 3 is 2.90 bits per heavy atom. The van der Waals surface area contributed by atoms with Gasteiger partial charge in [-0.05, 0) is 40.6 Å². The summed E-state index contributed by atoms with van der Waals surface area (Å²) in [6, 6.07) is 1.84. The van der Waals surface area contributed by atoms with Crippen LogP contribution in [-0.4, -0.2) is 4.98 Å². The summed E-state index contributed by atoms with van der Waals surface area (Å²) in [6.45, 7) is 2.00. The topological polar surface area (TPSA) is 12.9 Å². The third-order valence-corrected chi connectivity index (χ3v) is 2.45. The summed E-state index contributed by atoms with van der Waals surface area (Å²) in [5.41, 5.74) is 1.02. The Bertz CT molecular complexity index is 237. The lowest BCUT2D eigenvalue weighted by Gasteiger charge is -1.98. The molecule has 1 aromatic heterocycles. The largest absolute Gasteiger partial charge is 0.227 e. The van der Waals surface area contributed by atoms with Crippen molar-refractivity contribution in [1.82, 2.24) is 4.98 Å². The van der Waals surface area contributed by atoms with E-state index in [9.17, 15) is 4.39 Å². The van der Waals surface area contributed by atoms with E-state index in [1.165, 1.54) is 6.20 Å². The molecule has 54 valence electrons. The van der Waals surface area contributed by atoms with Crippen LogP contribution < -0.4 is 0 Å². The predicted octanol–water partition coefficient (Wildman–Crippen LogP) is 2.39. The van der Waals surface area contributed by atoms with Crippen LogP contribution in [0.25, 0.3) is 0 Å². The van der Waals surface area contributed by atoms with E-state index < -0.39 is 0 Å². The minimum absolute atomic E-state index is 0.361. The highest BCUT2D eigenvalue weighted by Gasteiger charge is 2.02. The van der Waals surface area contributed by atoms with Crippen molar-refractivity contribution in [2.75, 3.05) is 0 Å². The first kappa shape index (κ1) is 7.91. The predicted molar refractivity (Wildman–Crippen MR) is 46.3 cm³/mol. The molecule has 0 saturated carbocycles. The Hall–Kier alpha value is -0.190. The number of hydrogen-bond donors (Lipinski definition) is 0. The molecule has 0 aromatic carbocycles. The molecule has 0 amide bonds. The number of rotatable bonds is 1. The number of nitrogens with zero attached hydrogens (tertiary/aromatic N) is 1. The zero-order chi connectivity index (χ0) is 7.56. The van der Waals surface area contributed by atoms with Crippen LogP contribution in [0, 0.1) is 9.52 Å². The van der Waals surface area contributed by atoms with Crippen molar-refractivity contribution in [3.8, 4) is 0 Å². The molecule has 0 spiro atoms. The summed E-state index contributed by atoms with van der Waals surface area (Å²) >= 11 is 1.97. The van der Waals surface area contributed by atoms with Crippen molar-refractivity contribution in [3.63, 3.8) is 0 Å². The maximum Gasteiger partial charge on any atom is 0.226 e. The molecule has 10 heavy (non-hydrogen) atoms. The first-order valence-electron chi connectivity index (χ1n) is 3.04. The van der Waals surface area contributed by atoms with Gasteiger partial charge in [-0.25, -0.2) is 4.98 Å². The van der Waals surface area contributed by atoms with Gasteiger partial charge in [0.1, 0.15) is 0 Å². The molecule has 0 radical (unpaired) electrons. The second kappa shape index (κ2) is 3.27. The quantitative estimate of drug-likeness (QED) is 0.551. The van der Waals surface area contributed by atoms with E-state index in [4.69, 9.17) is 0 Å². The first-order valence-corrected chi connectivity index (χ1v) is 4.12. The van der Waals surface area contributed by atoms with Gasteiger partial charge in [0.25, 0.3) is 0 Å². The molecule has 1 aromatic rings. The average molecular weight is 251 g/mol. The van der Waals surface area contributed by atoms with Gasteiger partial charge in [-0.1, -0.05) is 6.92 Å². The van der Waals surface area contributed by atoms with Crippen molar-refractivity contribution in [2.45, 2.75) is 13.3 Å². The van der Waals surface area contributed by atoms with Crippen LogP contribution in [0.5, 0.6) is 0 Å².